The number of nitrogens with zero attached hydrogens (tertiary/aromatic N) is 1. The minimum atomic E-state index is 0.131. The first kappa shape index (κ1) is 7.34. The molecule has 4 heteroatoms. The van der Waals surface area contributed by atoms with Crippen LogP contribution in [-0.2, 0) is 11.3 Å². The molecule has 1 aliphatic rings. The van der Waals surface area contributed by atoms with Gasteiger partial charge >= 0.3 is 0 Å². The fourth-order valence-electron chi connectivity index (χ4n) is 0.997. The van der Waals surface area contributed by atoms with E-state index in [1.165, 1.54) is 0 Å². The second-order valence-electron chi connectivity index (χ2n) is 2.97. The normalized spacial score (nSPS) is 16.0. The third-order valence-corrected chi connectivity index (χ3v) is 1.88. The molecule has 12 heavy (non-hydrogen) atoms. The maximum atomic E-state index is 11.1. The summed E-state index contributed by atoms with van der Waals surface area (Å²) in [7, 11) is 0. The Hall–Kier alpha value is -1.32. The summed E-state index contributed by atoms with van der Waals surface area (Å²) < 4.78 is 4.82. The lowest BCUT2D eigenvalue weighted by atomic mass is 10.4. The molecule has 0 saturated heterocycles. The van der Waals surface area contributed by atoms with E-state index in [4.69, 9.17) is 4.52 Å². The zero-order valence-corrected chi connectivity index (χ0v) is 6.62. The molecule has 0 spiro atoms. The molecule has 2 rings (SSSR count). The second kappa shape index (κ2) is 2.97. The van der Waals surface area contributed by atoms with Gasteiger partial charge in [-0.05, 0) is 12.8 Å². The van der Waals surface area contributed by atoms with Gasteiger partial charge in [0.05, 0.1) is 12.7 Å². The van der Waals surface area contributed by atoms with Crippen molar-refractivity contribution in [1.29, 1.82) is 0 Å². The fraction of sp³-hybridized carbons (Fsp3) is 0.500. The van der Waals surface area contributed by atoms with Crippen LogP contribution in [0.1, 0.15) is 18.6 Å². The topological polar surface area (TPSA) is 55.1 Å². The van der Waals surface area contributed by atoms with E-state index in [0.29, 0.717) is 12.3 Å². The summed E-state index contributed by atoms with van der Waals surface area (Å²) in [5.41, 5.74) is 0. The molecule has 1 fully saturated rings. The van der Waals surface area contributed by atoms with Gasteiger partial charge < -0.3 is 9.84 Å². The van der Waals surface area contributed by atoms with Crippen LogP contribution in [0.4, 0.5) is 0 Å². The number of rotatable bonds is 3. The Labute approximate surface area is 69.9 Å². The monoisotopic (exact) mass is 166 g/mol. The molecule has 1 aromatic heterocycles. The molecule has 0 atom stereocenters. The second-order valence-corrected chi connectivity index (χ2v) is 2.97. The van der Waals surface area contributed by atoms with E-state index < -0.39 is 0 Å². The van der Waals surface area contributed by atoms with Gasteiger partial charge in [-0.25, -0.2) is 0 Å². The molecule has 1 saturated carbocycles. The number of amides is 1. The summed E-state index contributed by atoms with van der Waals surface area (Å²) in [5, 5.41) is 6.31. The third kappa shape index (κ3) is 1.64. The fourth-order valence-corrected chi connectivity index (χ4v) is 0.997. The number of aromatic nitrogens is 1. The predicted molar refractivity (Wildman–Crippen MR) is 41.1 cm³/mol. The number of hydrogen-bond acceptors (Lipinski definition) is 3. The minimum absolute atomic E-state index is 0.131. The molecule has 4 nitrogen and oxygen atoms in total. The van der Waals surface area contributed by atoms with E-state index in [2.05, 4.69) is 10.5 Å². The standard InChI is InChI=1S/C8H10N2O2/c11-8(6-1-2-6)9-5-7-3-4-10-12-7/h3-4,6H,1-2,5H2,(H,9,11). The van der Waals surface area contributed by atoms with Crippen molar-refractivity contribution >= 4 is 5.91 Å². The van der Waals surface area contributed by atoms with E-state index in [9.17, 15) is 4.79 Å². The van der Waals surface area contributed by atoms with Gasteiger partial charge in [0, 0.05) is 12.0 Å². The Kier molecular flexibility index (Phi) is 1.81. The molecule has 1 amide bonds. The highest BCUT2D eigenvalue weighted by Gasteiger charge is 2.29. The molecule has 64 valence electrons. The van der Waals surface area contributed by atoms with Crippen molar-refractivity contribution in [3.63, 3.8) is 0 Å². The third-order valence-electron chi connectivity index (χ3n) is 1.88. The summed E-state index contributed by atoms with van der Waals surface area (Å²) in [6.45, 7) is 0.454. The van der Waals surface area contributed by atoms with Crippen molar-refractivity contribution in [2.24, 2.45) is 5.92 Å². The molecule has 0 unspecified atom stereocenters. The average molecular weight is 166 g/mol. The molecule has 0 aliphatic heterocycles. The van der Waals surface area contributed by atoms with Crippen LogP contribution in [0.3, 0.4) is 0 Å². The SMILES string of the molecule is O=C(NCc1ccno1)C1CC1. The predicted octanol–water partition coefficient (Wildman–Crippen LogP) is 0.701. The maximum absolute atomic E-state index is 11.1. The molecule has 0 radical (unpaired) electrons. The Morgan fingerprint density at radius 2 is 2.58 bits per heavy atom. The van der Waals surface area contributed by atoms with Crippen molar-refractivity contribution in [3.8, 4) is 0 Å². The lowest BCUT2D eigenvalue weighted by Gasteiger charge is -1.98. The first-order chi connectivity index (χ1) is 5.86. The zero-order chi connectivity index (χ0) is 8.39. The molecule has 0 aromatic carbocycles. The van der Waals surface area contributed by atoms with Crippen LogP contribution in [-0.4, -0.2) is 11.1 Å². The van der Waals surface area contributed by atoms with Crippen molar-refractivity contribution in [2.75, 3.05) is 0 Å². The first-order valence-electron chi connectivity index (χ1n) is 4.03. The highest BCUT2D eigenvalue weighted by molar-refractivity contribution is 5.80. The molecular formula is C8H10N2O2. The molecule has 0 bridgehead atoms. The van der Waals surface area contributed by atoms with Crippen LogP contribution >= 0.6 is 0 Å². The number of nitrogens with one attached hydrogen (secondary N) is 1. The summed E-state index contributed by atoms with van der Waals surface area (Å²) in [5.74, 6) is 1.09. The summed E-state index contributed by atoms with van der Waals surface area (Å²) in [6, 6.07) is 1.74. The van der Waals surface area contributed by atoms with Crippen molar-refractivity contribution < 1.29 is 9.32 Å². The van der Waals surface area contributed by atoms with Gasteiger partial charge in [0.25, 0.3) is 0 Å². The number of carbonyl (C=O) groups is 1. The lowest BCUT2D eigenvalue weighted by molar-refractivity contribution is -0.122. The molecular weight excluding hydrogens is 156 g/mol. The van der Waals surface area contributed by atoms with Crippen LogP contribution in [0.2, 0.25) is 0 Å². The Bertz CT molecular complexity index is 265. The molecule has 1 aromatic rings. The minimum Gasteiger partial charge on any atom is -0.360 e. The maximum Gasteiger partial charge on any atom is 0.223 e. The van der Waals surface area contributed by atoms with E-state index in [1.807, 2.05) is 0 Å². The highest BCUT2D eigenvalue weighted by atomic mass is 16.5. The van der Waals surface area contributed by atoms with Crippen LogP contribution < -0.4 is 5.32 Å². The van der Waals surface area contributed by atoms with Crippen LogP contribution in [0, 0.1) is 5.92 Å². The van der Waals surface area contributed by atoms with Gasteiger partial charge in [-0.15, -0.1) is 0 Å². The number of carbonyl (C=O) groups excluding carboxylic acids is 1. The van der Waals surface area contributed by atoms with E-state index in [0.717, 1.165) is 12.8 Å². The van der Waals surface area contributed by atoms with Crippen molar-refractivity contribution in [3.05, 3.63) is 18.0 Å². The van der Waals surface area contributed by atoms with Gasteiger partial charge in [0.1, 0.15) is 0 Å². The quantitative estimate of drug-likeness (QED) is 0.719. The van der Waals surface area contributed by atoms with Gasteiger partial charge in [0.15, 0.2) is 5.76 Å². The summed E-state index contributed by atoms with van der Waals surface area (Å²) in [4.78, 5) is 11.1. The zero-order valence-electron chi connectivity index (χ0n) is 6.62. The smallest absolute Gasteiger partial charge is 0.223 e. The van der Waals surface area contributed by atoms with E-state index in [1.54, 1.807) is 12.3 Å². The lowest BCUT2D eigenvalue weighted by Crippen LogP contribution is -2.23. The van der Waals surface area contributed by atoms with Crippen LogP contribution in [0.15, 0.2) is 16.8 Å². The first-order valence-corrected chi connectivity index (χ1v) is 4.03. The summed E-state index contributed by atoms with van der Waals surface area (Å²) in [6.07, 6.45) is 3.63. The van der Waals surface area contributed by atoms with E-state index in [-0.39, 0.29) is 11.8 Å². The van der Waals surface area contributed by atoms with Crippen LogP contribution in [0.25, 0.3) is 0 Å². The van der Waals surface area contributed by atoms with Gasteiger partial charge in [-0.2, -0.15) is 0 Å². The average Bonchev–Trinajstić information content (AvgIpc) is 2.80. The highest BCUT2D eigenvalue weighted by Crippen LogP contribution is 2.28. The van der Waals surface area contributed by atoms with Crippen molar-refractivity contribution in [2.45, 2.75) is 19.4 Å². The molecule has 1 aliphatic carbocycles. The largest absolute Gasteiger partial charge is 0.360 e. The molecule has 1 heterocycles. The molecule has 1 N–H and O–H groups in total. The summed E-state index contributed by atoms with van der Waals surface area (Å²) >= 11 is 0. The van der Waals surface area contributed by atoms with Gasteiger partial charge in [0.2, 0.25) is 5.91 Å². The van der Waals surface area contributed by atoms with Crippen LogP contribution in [0.5, 0.6) is 0 Å². The van der Waals surface area contributed by atoms with E-state index >= 15 is 0 Å². The van der Waals surface area contributed by atoms with Gasteiger partial charge in [-0.3, -0.25) is 4.79 Å². The Morgan fingerprint density at radius 3 is 3.17 bits per heavy atom. The van der Waals surface area contributed by atoms with Crippen molar-refractivity contribution in [1.82, 2.24) is 10.5 Å². The number of hydrogen-bond donors (Lipinski definition) is 1. The van der Waals surface area contributed by atoms with Gasteiger partial charge in [-0.1, -0.05) is 5.16 Å². The Morgan fingerprint density at radius 1 is 1.75 bits per heavy atom. The Balaban J connectivity index is 1.78.